The first-order valence-corrected chi connectivity index (χ1v) is 12.0. The molecule has 0 saturated carbocycles. The number of piperidine rings is 1. The molecule has 5 rings (SSSR count). The van der Waals surface area contributed by atoms with Crippen LogP contribution in [0.1, 0.15) is 58.9 Å². The normalized spacial score (nSPS) is 21.2. The molecule has 1 heterocycles. The predicted molar refractivity (Wildman–Crippen MR) is 128 cm³/mol. The van der Waals surface area contributed by atoms with Crippen LogP contribution in [-0.4, -0.2) is 19.4 Å². The maximum absolute atomic E-state index is 13.4. The second-order valence-electron chi connectivity index (χ2n) is 9.50. The number of rotatable bonds is 4. The van der Waals surface area contributed by atoms with Crippen LogP contribution in [0.25, 0.3) is 0 Å². The number of aldehydes is 1. The molecule has 3 aromatic rings. The Morgan fingerprint density at radius 1 is 0.824 bits per heavy atom. The maximum Gasteiger partial charge on any atom is 0.416 e. The summed E-state index contributed by atoms with van der Waals surface area (Å²) in [4.78, 5) is 13.4. The maximum atomic E-state index is 13.4. The number of aryl methyl sites for hydroxylation is 1. The summed E-state index contributed by atoms with van der Waals surface area (Å²) in [5.41, 5.74) is 4.70. The Labute approximate surface area is 198 Å². The SMILES string of the molecule is O=CC1CCN(c2ccc([C@@H]3c4ccc(C(F)(F)F)cc4CC[C@@H]3c3ccccc3)cc2)CC1. The zero-order valence-electron chi connectivity index (χ0n) is 19.0. The van der Waals surface area contributed by atoms with Gasteiger partial charge in [-0.25, -0.2) is 0 Å². The molecule has 1 aliphatic heterocycles. The van der Waals surface area contributed by atoms with Gasteiger partial charge in [0.05, 0.1) is 5.56 Å². The topological polar surface area (TPSA) is 20.3 Å². The average Bonchev–Trinajstić information content (AvgIpc) is 2.88. The number of hydrogen-bond acceptors (Lipinski definition) is 2. The van der Waals surface area contributed by atoms with Crippen LogP contribution >= 0.6 is 0 Å². The molecule has 0 radical (unpaired) electrons. The molecule has 2 nitrogen and oxygen atoms in total. The van der Waals surface area contributed by atoms with Crippen molar-refractivity contribution in [2.45, 2.75) is 43.7 Å². The van der Waals surface area contributed by atoms with Gasteiger partial charge in [0.25, 0.3) is 0 Å². The third-order valence-corrected chi connectivity index (χ3v) is 7.51. The summed E-state index contributed by atoms with van der Waals surface area (Å²) in [7, 11) is 0. The molecular weight excluding hydrogens is 435 g/mol. The summed E-state index contributed by atoms with van der Waals surface area (Å²) in [5.74, 6) is 0.366. The lowest BCUT2D eigenvalue weighted by molar-refractivity contribution is -0.137. The van der Waals surface area contributed by atoms with Crippen molar-refractivity contribution in [3.63, 3.8) is 0 Å². The minimum atomic E-state index is -4.33. The molecule has 34 heavy (non-hydrogen) atoms. The van der Waals surface area contributed by atoms with E-state index >= 15 is 0 Å². The number of carbonyl (C=O) groups is 1. The number of hydrogen-bond donors (Lipinski definition) is 0. The molecule has 176 valence electrons. The lowest BCUT2D eigenvalue weighted by Gasteiger charge is -2.36. The summed E-state index contributed by atoms with van der Waals surface area (Å²) >= 11 is 0. The zero-order valence-corrected chi connectivity index (χ0v) is 19.0. The van der Waals surface area contributed by atoms with Gasteiger partial charge in [0.2, 0.25) is 0 Å². The zero-order chi connectivity index (χ0) is 23.7. The van der Waals surface area contributed by atoms with Gasteiger partial charge >= 0.3 is 6.18 Å². The molecule has 1 aliphatic carbocycles. The van der Waals surface area contributed by atoms with Gasteiger partial charge in [-0.2, -0.15) is 13.2 Å². The standard InChI is InChI=1S/C29H28F3NO/c30-29(31,32)24-9-13-27-23(18-24)8-12-26(21-4-2-1-3-5-21)28(27)22-6-10-25(11-7-22)33-16-14-20(19-34)15-17-33/h1-7,9-11,13,18-20,26,28H,8,12,14-17H2/t26-,28+/m1/s1. The number of alkyl halides is 3. The fourth-order valence-corrected chi connectivity index (χ4v) is 5.65. The highest BCUT2D eigenvalue weighted by atomic mass is 19.4. The Morgan fingerprint density at radius 2 is 1.53 bits per heavy atom. The monoisotopic (exact) mass is 463 g/mol. The van der Waals surface area contributed by atoms with Crippen molar-refractivity contribution < 1.29 is 18.0 Å². The average molecular weight is 464 g/mol. The van der Waals surface area contributed by atoms with Gasteiger partial charge in [-0.05, 0) is 78.1 Å². The van der Waals surface area contributed by atoms with Crippen LogP contribution in [0.15, 0.2) is 72.8 Å². The molecule has 2 aliphatic rings. The minimum Gasteiger partial charge on any atom is -0.371 e. The van der Waals surface area contributed by atoms with Crippen LogP contribution in [0.4, 0.5) is 18.9 Å². The van der Waals surface area contributed by atoms with Crippen LogP contribution in [0.5, 0.6) is 0 Å². The summed E-state index contributed by atoms with van der Waals surface area (Å²) in [6, 6.07) is 23.1. The summed E-state index contributed by atoms with van der Waals surface area (Å²) in [6.45, 7) is 1.73. The van der Waals surface area contributed by atoms with Crippen molar-refractivity contribution in [1.82, 2.24) is 0 Å². The lowest BCUT2D eigenvalue weighted by Crippen LogP contribution is -2.34. The third kappa shape index (κ3) is 4.48. The Bertz CT molecular complexity index is 1130. The number of nitrogens with zero attached hydrogens (tertiary/aromatic N) is 1. The van der Waals surface area contributed by atoms with Crippen LogP contribution in [0, 0.1) is 5.92 Å². The van der Waals surface area contributed by atoms with Crippen molar-refractivity contribution >= 4 is 12.0 Å². The quantitative estimate of drug-likeness (QED) is 0.389. The van der Waals surface area contributed by atoms with Crippen molar-refractivity contribution in [2.75, 3.05) is 18.0 Å². The molecule has 0 aromatic heterocycles. The Morgan fingerprint density at radius 3 is 2.18 bits per heavy atom. The molecule has 0 bridgehead atoms. The first-order chi connectivity index (χ1) is 16.4. The Kier molecular flexibility index (Phi) is 6.20. The van der Waals surface area contributed by atoms with E-state index in [2.05, 4.69) is 41.3 Å². The van der Waals surface area contributed by atoms with Crippen LogP contribution in [0.3, 0.4) is 0 Å². The largest absolute Gasteiger partial charge is 0.416 e. The molecule has 5 heteroatoms. The van der Waals surface area contributed by atoms with E-state index in [0.29, 0.717) is 6.42 Å². The number of halogens is 3. The molecule has 1 saturated heterocycles. The van der Waals surface area contributed by atoms with E-state index in [1.165, 1.54) is 17.7 Å². The minimum absolute atomic E-state index is 0.00304. The van der Waals surface area contributed by atoms with Crippen molar-refractivity contribution in [3.8, 4) is 0 Å². The highest BCUT2D eigenvalue weighted by molar-refractivity contribution is 5.56. The van der Waals surface area contributed by atoms with E-state index in [1.54, 1.807) is 6.07 Å². The molecule has 0 spiro atoms. The number of benzene rings is 3. The molecule has 0 amide bonds. The predicted octanol–water partition coefficient (Wildman–Crippen LogP) is 6.98. The van der Waals surface area contributed by atoms with Crippen LogP contribution < -0.4 is 4.90 Å². The van der Waals surface area contributed by atoms with E-state index in [1.807, 2.05) is 18.2 Å². The van der Waals surface area contributed by atoms with Crippen LogP contribution in [0.2, 0.25) is 0 Å². The third-order valence-electron chi connectivity index (χ3n) is 7.51. The molecule has 1 fully saturated rings. The molecule has 2 atom stereocenters. The fraction of sp³-hybridized carbons (Fsp3) is 0.345. The van der Waals surface area contributed by atoms with Gasteiger partial charge in [-0.3, -0.25) is 0 Å². The van der Waals surface area contributed by atoms with E-state index in [-0.39, 0.29) is 17.8 Å². The Hall–Kier alpha value is -3.08. The highest BCUT2D eigenvalue weighted by Gasteiger charge is 2.36. The first-order valence-electron chi connectivity index (χ1n) is 12.0. The lowest BCUT2D eigenvalue weighted by atomic mass is 9.69. The fourth-order valence-electron chi connectivity index (χ4n) is 5.65. The highest BCUT2D eigenvalue weighted by Crippen LogP contribution is 2.47. The van der Waals surface area contributed by atoms with Gasteiger partial charge in [-0.15, -0.1) is 0 Å². The molecular formula is C29H28F3NO. The number of carbonyl (C=O) groups excluding carboxylic acids is 1. The second-order valence-corrected chi connectivity index (χ2v) is 9.50. The van der Waals surface area contributed by atoms with Crippen molar-refractivity contribution in [3.05, 3.63) is 101 Å². The smallest absolute Gasteiger partial charge is 0.371 e. The Balaban J connectivity index is 1.49. The molecule has 0 N–H and O–H groups in total. The number of fused-ring (bicyclic) bond motifs is 1. The summed E-state index contributed by atoms with van der Waals surface area (Å²) in [6.07, 6.45) is -0.0740. The van der Waals surface area contributed by atoms with E-state index < -0.39 is 11.7 Å². The van der Waals surface area contributed by atoms with Crippen LogP contribution in [-0.2, 0) is 17.4 Å². The van der Waals surface area contributed by atoms with Gasteiger partial charge in [0.15, 0.2) is 0 Å². The molecule has 0 unspecified atom stereocenters. The second kappa shape index (κ2) is 9.28. The molecule has 3 aromatic carbocycles. The van der Waals surface area contributed by atoms with Gasteiger partial charge < -0.3 is 9.69 Å². The first kappa shape index (κ1) is 22.7. The van der Waals surface area contributed by atoms with E-state index in [4.69, 9.17) is 0 Å². The van der Waals surface area contributed by atoms with E-state index in [9.17, 15) is 18.0 Å². The van der Waals surface area contributed by atoms with Gasteiger partial charge in [-0.1, -0.05) is 48.5 Å². The number of anilines is 1. The summed E-state index contributed by atoms with van der Waals surface area (Å²) in [5, 5.41) is 0. The van der Waals surface area contributed by atoms with Crippen molar-refractivity contribution in [2.24, 2.45) is 5.92 Å². The van der Waals surface area contributed by atoms with Gasteiger partial charge in [0, 0.05) is 30.6 Å². The van der Waals surface area contributed by atoms with Gasteiger partial charge in [0.1, 0.15) is 6.29 Å². The van der Waals surface area contributed by atoms with E-state index in [0.717, 1.165) is 61.0 Å². The van der Waals surface area contributed by atoms with Crippen molar-refractivity contribution in [1.29, 1.82) is 0 Å². The summed E-state index contributed by atoms with van der Waals surface area (Å²) < 4.78 is 40.1.